The monoisotopic (exact) mass is 372 g/mol. The summed E-state index contributed by atoms with van der Waals surface area (Å²) in [7, 11) is 0. The van der Waals surface area contributed by atoms with E-state index in [1.54, 1.807) is 0 Å². The third-order valence-electron chi connectivity index (χ3n) is 10.3. The second-order valence-corrected chi connectivity index (χ2v) is 11.3. The van der Waals surface area contributed by atoms with Crippen molar-refractivity contribution in [2.24, 2.45) is 39.9 Å². The zero-order valence-electron chi connectivity index (χ0n) is 17.9. The Morgan fingerprint density at radius 2 is 1.81 bits per heavy atom. The minimum absolute atomic E-state index is 0.247. The molecule has 2 nitrogen and oxygen atoms in total. The van der Waals surface area contributed by atoms with E-state index in [4.69, 9.17) is 0 Å². The molecule has 0 aromatic heterocycles. The molecule has 2 heteroatoms. The Morgan fingerprint density at radius 3 is 2.56 bits per heavy atom. The molecule has 0 radical (unpaired) electrons. The highest BCUT2D eigenvalue weighted by Crippen LogP contribution is 2.70. The highest BCUT2D eigenvalue weighted by atomic mass is 16.3. The van der Waals surface area contributed by atoms with Crippen LogP contribution in [0.5, 0.6) is 0 Å². The third-order valence-corrected chi connectivity index (χ3v) is 10.3. The van der Waals surface area contributed by atoms with Crippen LogP contribution < -0.4 is 0 Å². The molecule has 27 heavy (non-hydrogen) atoms. The lowest BCUT2D eigenvalue weighted by molar-refractivity contribution is -0.172. The van der Waals surface area contributed by atoms with Crippen LogP contribution in [0, 0.1) is 39.9 Å². The maximum atomic E-state index is 13.5. The van der Waals surface area contributed by atoms with Gasteiger partial charge in [-0.15, -0.1) is 0 Å². The summed E-state index contributed by atoms with van der Waals surface area (Å²) in [5.41, 5.74) is 0.959. The van der Waals surface area contributed by atoms with Gasteiger partial charge in [0.25, 0.3) is 0 Å². The van der Waals surface area contributed by atoms with Crippen molar-refractivity contribution in [3.63, 3.8) is 0 Å². The number of Topliss-reactive ketones (excluding diaryl/α,β-unsaturated/α-hetero) is 1. The number of hydrogen-bond acceptors (Lipinski definition) is 2. The van der Waals surface area contributed by atoms with Crippen LogP contribution in [0.3, 0.4) is 0 Å². The van der Waals surface area contributed by atoms with Crippen molar-refractivity contribution in [3.8, 4) is 0 Å². The van der Waals surface area contributed by atoms with E-state index < -0.39 is 0 Å². The third kappa shape index (κ3) is 2.84. The summed E-state index contributed by atoms with van der Waals surface area (Å²) in [6.07, 6.45) is 14.2. The van der Waals surface area contributed by atoms with Gasteiger partial charge in [0.2, 0.25) is 0 Å². The summed E-state index contributed by atoms with van der Waals surface area (Å²) < 4.78 is 0. The summed E-state index contributed by atoms with van der Waals surface area (Å²) in [6.45, 7) is 11.1. The number of rotatable bonds is 4. The largest absolute Gasteiger partial charge is 0.513 e. The molecule has 4 aliphatic carbocycles. The Hall–Kier alpha value is -0.790. The molecule has 0 spiro atoms. The summed E-state index contributed by atoms with van der Waals surface area (Å²) in [5.74, 6) is 3.22. The van der Waals surface area contributed by atoms with Crippen LogP contribution in [0.2, 0.25) is 0 Å². The summed E-state index contributed by atoms with van der Waals surface area (Å²) in [4.78, 5) is 13.5. The lowest BCUT2D eigenvalue weighted by Gasteiger charge is -2.63. The molecular formula is C25H40O2. The topological polar surface area (TPSA) is 37.3 Å². The molecule has 0 saturated heterocycles. The van der Waals surface area contributed by atoms with Gasteiger partial charge in [0.1, 0.15) is 5.78 Å². The van der Waals surface area contributed by atoms with E-state index in [0.717, 1.165) is 25.2 Å². The summed E-state index contributed by atoms with van der Waals surface area (Å²) in [5, 5.41) is 9.44. The van der Waals surface area contributed by atoms with Crippen molar-refractivity contribution in [1.82, 2.24) is 0 Å². The van der Waals surface area contributed by atoms with Gasteiger partial charge in [0.05, 0.1) is 5.76 Å². The second-order valence-electron chi connectivity index (χ2n) is 11.3. The highest BCUT2D eigenvalue weighted by Gasteiger charge is 2.64. The standard InChI is InChI=1S/C25H40O2/c1-17(26)8-7-9-18-10-11-19-22-20(12-15-24(18,19)3)25(4)14-6-5-13-23(25,2)16-21(22)27/h18-20,22,26H,1,5-16H2,2-4H3/t18-,19?,20?,22-,23-,24?,25+/m0/s1. The first-order valence-electron chi connectivity index (χ1n) is 11.6. The van der Waals surface area contributed by atoms with Gasteiger partial charge in [0.15, 0.2) is 0 Å². The fraction of sp³-hybridized carbons (Fsp3) is 0.880. The van der Waals surface area contributed by atoms with Crippen molar-refractivity contribution < 1.29 is 9.90 Å². The van der Waals surface area contributed by atoms with Gasteiger partial charge in [-0.05, 0) is 85.4 Å². The molecule has 4 fully saturated rings. The van der Waals surface area contributed by atoms with E-state index in [2.05, 4.69) is 27.4 Å². The number of ketones is 1. The van der Waals surface area contributed by atoms with E-state index in [-0.39, 0.29) is 5.41 Å². The minimum atomic E-state index is 0.247. The molecule has 4 rings (SSSR count). The quantitative estimate of drug-likeness (QED) is 0.548. The normalized spacial score (nSPS) is 49.2. The van der Waals surface area contributed by atoms with Crippen molar-refractivity contribution in [1.29, 1.82) is 0 Å². The molecule has 0 bridgehead atoms. The van der Waals surface area contributed by atoms with Crippen LogP contribution >= 0.6 is 0 Å². The zero-order chi connectivity index (χ0) is 19.4. The number of aliphatic hydroxyl groups is 1. The molecule has 3 unspecified atom stereocenters. The SMILES string of the molecule is C=C(O)CCC[C@H]1CCC2[C@@H]3C(=O)C[C@]4(C)CCCC[C@]4(C)C3CCC21C. The Balaban J connectivity index is 1.57. The molecule has 4 aliphatic rings. The van der Waals surface area contributed by atoms with Gasteiger partial charge < -0.3 is 5.11 Å². The Kier molecular flexibility index (Phi) is 4.79. The highest BCUT2D eigenvalue weighted by molar-refractivity contribution is 5.84. The number of carbonyl (C=O) groups is 1. The van der Waals surface area contributed by atoms with E-state index in [0.29, 0.717) is 40.1 Å². The number of aliphatic hydroxyl groups excluding tert-OH is 1. The number of carbonyl (C=O) groups excluding carboxylic acids is 1. The summed E-state index contributed by atoms with van der Waals surface area (Å²) >= 11 is 0. The first-order valence-corrected chi connectivity index (χ1v) is 11.6. The molecule has 0 aromatic rings. The average molecular weight is 373 g/mol. The first-order chi connectivity index (χ1) is 12.7. The van der Waals surface area contributed by atoms with Crippen molar-refractivity contribution >= 4 is 5.78 Å². The van der Waals surface area contributed by atoms with Crippen molar-refractivity contribution in [2.45, 2.75) is 97.8 Å². The minimum Gasteiger partial charge on any atom is -0.513 e. The predicted molar refractivity (Wildman–Crippen MR) is 110 cm³/mol. The number of fused-ring (bicyclic) bond motifs is 5. The van der Waals surface area contributed by atoms with Crippen LogP contribution in [0.25, 0.3) is 0 Å². The maximum Gasteiger partial charge on any atom is 0.137 e. The van der Waals surface area contributed by atoms with Gasteiger partial charge in [-0.25, -0.2) is 0 Å². The van der Waals surface area contributed by atoms with Gasteiger partial charge >= 0.3 is 0 Å². The van der Waals surface area contributed by atoms with Gasteiger partial charge in [0, 0.05) is 18.8 Å². The van der Waals surface area contributed by atoms with Gasteiger partial charge in [-0.1, -0.05) is 40.2 Å². The molecule has 0 aromatic carbocycles. The Bertz CT molecular complexity index is 624. The van der Waals surface area contributed by atoms with Crippen LogP contribution in [-0.2, 0) is 4.79 Å². The smallest absolute Gasteiger partial charge is 0.137 e. The maximum absolute atomic E-state index is 13.5. The van der Waals surface area contributed by atoms with Crippen molar-refractivity contribution in [2.75, 3.05) is 0 Å². The average Bonchev–Trinajstić information content (AvgIpc) is 2.92. The van der Waals surface area contributed by atoms with E-state index in [1.807, 2.05) is 0 Å². The second kappa shape index (κ2) is 6.63. The molecule has 1 N–H and O–H groups in total. The van der Waals surface area contributed by atoms with Crippen molar-refractivity contribution in [3.05, 3.63) is 12.3 Å². The predicted octanol–water partition coefficient (Wildman–Crippen LogP) is 6.85. The molecule has 4 saturated carbocycles. The lowest BCUT2D eigenvalue weighted by atomic mass is 9.40. The first kappa shape index (κ1) is 19.5. The lowest BCUT2D eigenvalue weighted by Crippen LogP contribution is -2.60. The Labute approximate surface area is 166 Å². The van der Waals surface area contributed by atoms with E-state index >= 15 is 0 Å². The number of hydrogen-bond donors (Lipinski definition) is 1. The fourth-order valence-electron chi connectivity index (χ4n) is 8.46. The van der Waals surface area contributed by atoms with Crippen LogP contribution in [0.15, 0.2) is 12.3 Å². The molecule has 0 amide bonds. The van der Waals surface area contributed by atoms with Crippen LogP contribution in [0.1, 0.15) is 97.8 Å². The molecular weight excluding hydrogens is 332 g/mol. The number of allylic oxidation sites excluding steroid dienone is 1. The Morgan fingerprint density at radius 1 is 1.07 bits per heavy atom. The van der Waals surface area contributed by atoms with Gasteiger partial charge in [-0.2, -0.15) is 0 Å². The molecule has 152 valence electrons. The van der Waals surface area contributed by atoms with E-state index in [1.165, 1.54) is 57.8 Å². The van der Waals surface area contributed by atoms with Gasteiger partial charge in [-0.3, -0.25) is 4.79 Å². The van der Waals surface area contributed by atoms with E-state index in [9.17, 15) is 9.90 Å². The molecule has 0 aliphatic heterocycles. The summed E-state index contributed by atoms with van der Waals surface area (Å²) in [6, 6.07) is 0. The molecule has 7 atom stereocenters. The fourth-order valence-corrected chi connectivity index (χ4v) is 8.46. The van der Waals surface area contributed by atoms with Crippen LogP contribution in [-0.4, -0.2) is 10.9 Å². The van der Waals surface area contributed by atoms with Crippen LogP contribution in [0.4, 0.5) is 0 Å². The zero-order valence-corrected chi connectivity index (χ0v) is 17.9. The molecule has 0 heterocycles.